The van der Waals surface area contributed by atoms with Gasteiger partial charge < -0.3 is 11.1 Å². The largest absolute Gasteiger partial charge is 0.382 e. The number of carbonyl (C=O) groups excluding carboxylic acids is 1. The van der Waals surface area contributed by atoms with Crippen molar-refractivity contribution in [2.45, 2.75) is 46.0 Å². The maximum absolute atomic E-state index is 12.0. The molecular formula is C14H24N4O. The number of amides is 1. The summed E-state index contributed by atoms with van der Waals surface area (Å²) in [5, 5.41) is 9.46. The van der Waals surface area contributed by atoms with E-state index in [9.17, 15) is 4.79 Å². The van der Waals surface area contributed by atoms with Crippen LogP contribution in [0, 0.1) is 11.3 Å². The molecule has 0 radical (unpaired) electrons. The Morgan fingerprint density at radius 1 is 1.53 bits per heavy atom. The molecule has 1 amide bonds. The number of rotatable bonds is 5. The number of nitrogens with two attached hydrogens (primary N) is 1. The van der Waals surface area contributed by atoms with Gasteiger partial charge in [-0.3, -0.25) is 9.89 Å². The van der Waals surface area contributed by atoms with Crippen molar-refractivity contribution in [3.05, 3.63) is 11.8 Å². The van der Waals surface area contributed by atoms with Gasteiger partial charge in [-0.05, 0) is 30.6 Å². The van der Waals surface area contributed by atoms with Crippen LogP contribution in [0.2, 0.25) is 0 Å². The third-order valence-corrected chi connectivity index (χ3v) is 3.97. The smallest absolute Gasteiger partial charge is 0.269 e. The monoisotopic (exact) mass is 264 g/mol. The van der Waals surface area contributed by atoms with Crippen molar-refractivity contribution in [1.29, 1.82) is 0 Å². The van der Waals surface area contributed by atoms with E-state index in [4.69, 9.17) is 5.73 Å². The SMILES string of the molecule is CC(C)CC1(CNC(=O)c2cc(N)n[nH]2)CCCC1. The van der Waals surface area contributed by atoms with Crippen molar-refractivity contribution in [2.24, 2.45) is 11.3 Å². The molecule has 19 heavy (non-hydrogen) atoms. The molecule has 0 saturated heterocycles. The highest BCUT2D eigenvalue weighted by molar-refractivity contribution is 5.92. The fourth-order valence-corrected chi connectivity index (χ4v) is 3.26. The van der Waals surface area contributed by atoms with Crippen molar-refractivity contribution >= 4 is 11.7 Å². The van der Waals surface area contributed by atoms with E-state index < -0.39 is 0 Å². The van der Waals surface area contributed by atoms with Gasteiger partial charge in [0.15, 0.2) is 0 Å². The van der Waals surface area contributed by atoms with Crippen LogP contribution >= 0.6 is 0 Å². The summed E-state index contributed by atoms with van der Waals surface area (Å²) >= 11 is 0. The summed E-state index contributed by atoms with van der Waals surface area (Å²) in [6, 6.07) is 1.57. The molecule has 4 N–H and O–H groups in total. The van der Waals surface area contributed by atoms with Crippen molar-refractivity contribution in [3.63, 3.8) is 0 Å². The van der Waals surface area contributed by atoms with Crippen LogP contribution in [0.15, 0.2) is 6.07 Å². The fraction of sp³-hybridized carbons (Fsp3) is 0.714. The van der Waals surface area contributed by atoms with Crippen LogP contribution in [0.3, 0.4) is 0 Å². The third kappa shape index (κ3) is 3.49. The number of nitrogens with one attached hydrogen (secondary N) is 2. The molecule has 1 fully saturated rings. The van der Waals surface area contributed by atoms with Crippen LogP contribution in [-0.2, 0) is 0 Å². The Labute approximate surface area is 114 Å². The zero-order valence-corrected chi connectivity index (χ0v) is 11.8. The molecule has 1 aromatic heterocycles. The zero-order chi connectivity index (χ0) is 13.9. The van der Waals surface area contributed by atoms with E-state index in [1.807, 2.05) is 0 Å². The predicted octanol–water partition coefficient (Wildman–Crippen LogP) is 2.33. The highest BCUT2D eigenvalue weighted by Gasteiger charge is 2.34. The van der Waals surface area contributed by atoms with Crippen LogP contribution in [0.5, 0.6) is 0 Å². The Morgan fingerprint density at radius 2 is 2.21 bits per heavy atom. The number of hydrogen-bond acceptors (Lipinski definition) is 3. The highest BCUT2D eigenvalue weighted by atomic mass is 16.1. The number of anilines is 1. The summed E-state index contributed by atoms with van der Waals surface area (Å²) in [5.41, 5.74) is 6.23. The van der Waals surface area contributed by atoms with E-state index in [0.29, 0.717) is 17.4 Å². The van der Waals surface area contributed by atoms with Gasteiger partial charge >= 0.3 is 0 Å². The Morgan fingerprint density at radius 3 is 2.74 bits per heavy atom. The minimum Gasteiger partial charge on any atom is -0.382 e. The molecule has 1 heterocycles. The quantitative estimate of drug-likeness (QED) is 0.763. The lowest BCUT2D eigenvalue weighted by Crippen LogP contribution is -2.37. The van der Waals surface area contributed by atoms with Crippen molar-refractivity contribution in [2.75, 3.05) is 12.3 Å². The van der Waals surface area contributed by atoms with E-state index in [0.717, 1.165) is 6.54 Å². The number of H-pyrrole nitrogens is 1. The van der Waals surface area contributed by atoms with E-state index in [2.05, 4.69) is 29.4 Å². The van der Waals surface area contributed by atoms with Gasteiger partial charge in [-0.1, -0.05) is 26.7 Å². The summed E-state index contributed by atoms with van der Waals surface area (Å²) in [7, 11) is 0. The average molecular weight is 264 g/mol. The first-order valence-electron chi connectivity index (χ1n) is 7.10. The topological polar surface area (TPSA) is 83.8 Å². The van der Waals surface area contributed by atoms with Crippen LogP contribution in [-0.4, -0.2) is 22.6 Å². The molecule has 0 atom stereocenters. The summed E-state index contributed by atoms with van der Waals surface area (Å²) in [5.74, 6) is 0.903. The second-order valence-electron chi connectivity index (χ2n) is 6.19. The molecule has 5 heteroatoms. The summed E-state index contributed by atoms with van der Waals surface area (Å²) in [6.45, 7) is 5.25. The van der Waals surface area contributed by atoms with Gasteiger partial charge in [-0.2, -0.15) is 5.10 Å². The number of carbonyl (C=O) groups is 1. The summed E-state index contributed by atoms with van der Waals surface area (Å²) in [4.78, 5) is 12.0. The molecule has 1 aromatic rings. The van der Waals surface area contributed by atoms with E-state index in [-0.39, 0.29) is 11.3 Å². The minimum absolute atomic E-state index is 0.112. The normalized spacial score (nSPS) is 17.8. The molecule has 2 rings (SSSR count). The van der Waals surface area contributed by atoms with Gasteiger partial charge in [0.2, 0.25) is 0 Å². The molecule has 0 bridgehead atoms. The van der Waals surface area contributed by atoms with Gasteiger partial charge in [0, 0.05) is 12.6 Å². The Bertz CT molecular complexity index is 432. The first-order valence-corrected chi connectivity index (χ1v) is 7.10. The van der Waals surface area contributed by atoms with Crippen molar-refractivity contribution in [3.8, 4) is 0 Å². The number of aromatic amines is 1. The number of nitrogen functional groups attached to an aromatic ring is 1. The number of aromatic nitrogens is 2. The van der Waals surface area contributed by atoms with Crippen LogP contribution in [0.25, 0.3) is 0 Å². The van der Waals surface area contributed by atoms with Crippen LogP contribution in [0.1, 0.15) is 56.4 Å². The highest BCUT2D eigenvalue weighted by Crippen LogP contribution is 2.42. The van der Waals surface area contributed by atoms with Crippen molar-refractivity contribution < 1.29 is 4.79 Å². The van der Waals surface area contributed by atoms with Crippen LogP contribution in [0.4, 0.5) is 5.82 Å². The molecule has 1 aliphatic carbocycles. The van der Waals surface area contributed by atoms with E-state index >= 15 is 0 Å². The van der Waals surface area contributed by atoms with Gasteiger partial charge in [-0.15, -0.1) is 0 Å². The second kappa shape index (κ2) is 5.63. The molecule has 5 nitrogen and oxygen atoms in total. The lowest BCUT2D eigenvalue weighted by Gasteiger charge is -2.31. The summed E-state index contributed by atoms with van der Waals surface area (Å²) < 4.78 is 0. The molecule has 1 aliphatic rings. The second-order valence-corrected chi connectivity index (χ2v) is 6.19. The molecule has 0 aromatic carbocycles. The zero-order valence-electron chi connectivity index (χ0n) is 11.8. The molecule has 0 aliphatic heterocycles. The number of hydrogen-bond donors (Lipinski definition) is 3. The summed E-state index contributed by atoms with van der Waals surface area (Å²) in [6.07, 6.45) is 6.17. The average Bonchev–Trinajstić information content (AvgIpc) is 2.95. The first kappa shape index (κ1) is 13.9. The molecule has 106 valence electrons. The lowest BCUT2D eigenvalue weighted by molar-refractivity contribution is 0.0917. The molecule has 0 spiro atoms. The maximum Gasteiger partial charge on any atom is 0.269 e. The molecular weight excluding hydrogens is 240 g/mol. The van der Waals surface area contributed by atoms with Crippen molar-refractivity contribution in [1.82, 2.24) is 15.5 Å². The minimum atomic E-state index is -0.112. The Kier molecular flexibility index (Phi) is 4.12. The molecule has 1 saturated carbocycles. The number of nitrogens with zero attached hydrogens (tertiary/aromatic N) is 1. The lowest BCUT2D eigenvalue weighted by atomic mass is 9.78. The predicted molar refractivity (Wildman–Crippen MR) is 75.7 cm³/mol. The van der Waals surface area contributed by atoms with Crippen LogP contribution < -0.4 is 11.1 Å². The standard InChI is InChI=1S/C14H24N4O/c1-10(2)8-14(5-3-4-6-14)9-16-13(19)11-7-12(15)18-17-11/h7,10H,3-6,8-9H2,1-2H3,(H,16,19)(H3,15,17,18). The third-order valence-electron chi connectivity index (χ3n) is 3.97. The fourth-order valence-electron chi connectivity index (χ4n) is 3.26. The Hall–Kier alpha value is -1.52. The van der Waals surface area contributed by atoms with Gasteiger partial charge in [-0.25, -0.2) is 0 Å². The van der Waals surface area contributed by atoms with E-state index in [1.54, 1.807) is 6.07 Å². The van der Waals surface area contributed by atoms with Gasteiger partial charge in [0.1, 0.15) is 11.5 Å². The van der Waals surface area contributed by atoms with E-state index in [1.165, 1.54) is 32.1 Å². The Balaban J connectivity index is 1.94. The van der Waals surface area contributed by atoms with Gasteiger partial charge in [0.05, 0.1) is 0 Å². The maximum atomic E-state index is 12.0. The first-order chi connectivity index (χ1) is 9.01. The molecule has 0 unspecified atom stereocenters. The van der Waals surface area contributed by atoms with Gasteiger partial charge in [0.25, 0.3) is 5.91 Å².